The summed E-state index contributed by atoms with van der Waals surface area (Å²) in [6, 6.07) is 0. The van der Waals surface area contributed by atoms with E-state index >= 15 is 0 Å². The van der Waals surface area contributed by atoms with Gasteiger partial charge in [-0.1, -0.05) is 5.92 Å². The van der Waals surface area contributed by atoms with Gasteiger partial charge in [0.25, 0.3) is 0 Å². The Kier molecular flexibility index (Phi) is 4.44. The molecule has 84 valence electrons. The zero-order valence-corrected chi connectivity index (χ0v) is 9.47. The summed E-state index contributed by atoms with van der Waals surface area (Å²) in [6.07, 6.45) is 7.38. The molecule has 0 aromatic rings. The number of nitrogens with one attached hydrogen (secondary N) is 2. The van der Waals surface area contributed by atoms with Gasteiger partial charge in [0.2, 0.25) is 0 Å². The lowest BCUT2D eigenvalue weighted by Gasteiger charge is -2.24. The Hall–Kier alpha value is -1.21. The van der Waals surface area contributed by atoms with Crippen molar-refractivity contribution in [2.75, 3.05) is 26.7 Å². The van der Waals surface area contributed by atoms with Gasteiger partial charge in [-0.2, -0.15) is 0 Å². The van der Waals surface area contributed by atoms with Gasteiger partial charge in [0.15, 0.2) is 5.96 Å². The molecule has 1 aliphatic rings. The third kappa shape index (κ3) is 3.80. The van der Waals surface area contributed by atoms with Gasteiger partial charge >= 0.3 is 0 Å². The number of aliphatic imine (C=N–C) groups is 1. The Morgan fingerprint density at radius 2 is 2.40 bits per heavy atom. The molecule has 0 saturated carbocycles. The second kappa shape index (κ2) is 5.62. The average molecular weight is 209 g/mol. The van der Waals surface area contributed by atoms with Crippen molar-refractivity contribution in [2.45, 2.75) is 25.4 Å². The molecular weight excluding hydrogens is 190 g/mol. The van der Waals surface area contributed by atoms with Crippen molar-refractivity contribution in [1.29, 1.82) is 0 Å². The number of rotatable bonds is 3. The van der Waals surface area contributed by atoms with E-state index < -0.39 is 0 Å². The van der Waals surface area contributed by atoms with Crippen molar-refractivity contribution in [2.24, 2.45) is 4.99 Å². The standard InChI is InChI=1S/C11H19N3O/c1-4-7-13-10(12-3)14-9-11(2)6-5-8-15-11/h1H,5-9H2,2-3H3,(H2,12,13,14)/t11-/m1/s1. The minimum absolute atomic E-state index is 0.0617. The zero-order valence-electron chi connectivity index (χ0n) is 9.47. The Morgan fingerprint density at radius 3 is 2.93 bits per heavy atom. The van der Waals surface area contributed by atoms with E-state index in [9.17, 15) is 0 Å². The summed E-state index contributed by atoms with van der Waals surface area (Å²) in [4.78, 5) is 4.06. The molecule has 4 heteroatoms. The third-order valence-corrected chi connectivity index (χ3v) is 2.51. The molecular formula is C11H19N3O. The minimum Gasteiger partial charge on any atom is -0.373 e. The molecule has 1 saturated heterocycles. The predicted molar refractivity (Wildman–Crippen MR) is 61.8 cm³/mol. The molecule has 0 radical (unpaired) electrons. The van der Waals surface area contributed by atoms with Gasteiger partial charge in [0, 0.05) is 20.2 Å². The van der Waals surface area contributed by atoms with E-state index in [0.29, 0.717) is 6.54 Å². The van der Waals surface area contributed by atoms with E-state index in [2.05, 4.69) is 28.5 Å². The summed E-state index contributed by atoms with van der Waals surface area (Å²) in [5.41, 5.74) is -0.0617. The van der Waals surface area contributed by atoms with Gasteiger partial charge in [-0.05, 0) is 19.8 Å². The highest BCUT2D eigenvalue weighted by Crippen LogP contribution is 2.23. The zero-order chi connectivity index (χ0) is 11.1. The fourth-order valence-electron chi connectivity index (χ4n) is 1.60. The summed E-state index contributed by atoms with van der Waals surface area (Å²) in [6.45, 7) is 4.21. The van der Waals surface area contributed by atoms with Crippen molar-refractivity contribution >= 4 is 5.96 Å². The maximum atomic E-state index is 5.65. The summed E-state index contributed by atoms with van der Waals surface area (Å²) < 4.78 is 5.65. The molecule has 0 amide bonds. The number of terminal acetylenes is 1. The van der Waals surface area contributed by atoms with Gasteiger partial charge in [0.1, 0.15) is 0 Å². The van der Waals surface area contributed by atoms with Crippen molar-refractivity contribution in [1.82, 2.24) is 10.6 Å². The van der Waals surface area contributed by atoms with Crippen LogP contribution in [0, 0.1) is 12.3 Å². The van der Waals surface area contributed by atoms with Crippen LogP contribution in [0.15, 0.2) is 4.99 Å². The maximum absolute atomic E-state index is 5.65. The Bertz CT molecular complexity index is 261. The molecule has 1 aliphatic heterocycles. The van der Waals surface area contributed by atoms with E-state index in [1.165, 1.54) is 0 Å². The number of guanidine groups is 1. The van der Waals surface area contributed by atoms with Gasteiger partial charge in [0.05, 0.1) is 12.1 Å². The molecule has 1 rings (SSSR count). The first-order chi connectivity index (χ1) is 7.20. The SMILES string of the molecule is C#CCNC(=NC)NC[C@@]1(C)CCCO1. The van der Waals surface area contributed by atoms with Gasteiger partial charge in [-0.25, -0.2) is 0 Å². The summed E-state index contributed by atoms with van der Waals surface area (Å²) in [5, 5.41) is 6.21. The molecule has 0 bridgehead atoms. The lowest BCUT2D eigenvalue weighted by atomic mass is 10.0. The second-order valence-electron chi connectivity index (χ2n) is 3.89. The summed E-state index contributed by atoms with van der Waals surface area (Å²) >= 11 is 0. The van der Waals surface area contributed by atoms with Gasteiger partial charge in [-0.15, -0.1) is 6.42 Å². The third-order valence-electron chi connectivity index (χ3n) is 2.51. The van der Waals surface area contributed by atoms with E-state index in [1.54, 1.807) is 7.05 Å². The molecule has 0 aromatic carbocycles. The molecule has 1 atom stereocenters. The van der Waals surface area contributed by atoms with Crippen LogP contribution < -0.4 is 10.6 Å². The summed E-state index contributed by atoms with van der Waals surface area (Å²) in [7, 11) is 1.73. The maximum Gasteiger partial charge on any atom is 0.191 e. The van der Waals surface area contributed by atoms with Crippen molar-refractivity contribution in [3.8, 4) is 12.3 Å². The molecule has 15 heavy (non-hydrogen) atoms. The smallest absolute Gasteiger partial charge is 0.191 e. The van der Waals surface area contributed by atoms with Crippen LogP contribution in [0.5, 0.6) is 0 Å². The number of nitrogens with zero attached hydrogens (tertiary/aromatic N) is 1. The molecule has 2 N–H and O–H groups in total. The highest BCUT2D eigenvalue weighted by Gasteiger charge is 2.29. The highest BCUT2D eigenvalue weighted by molar-refractivity contribution is 5.79. The van der Waals surface area contributed by atoms with Gasteiger partial charge in [-0.3, -0.25) is 4.99 Å². The molecule has 0 spiro atoms. The van der Waals surface area contributed by atoms with Crippen LogP contribution >= 0.6 is 0 Å². The largest absolute Gasteiger partial charge is 0.373 e. The normalized spacial score (nSPS) is 26.1. The predicted octanol–water partition coefficient (Wildman–Crippen LogP) is 0.354. The van der Waals surface area contributed by atoms with Crippen LogP contribution in [0.4, 0.5) is 0 Å². The van der Waals surface area contributed by atoms with E-state index in [1.807, 2.05) is 0 Å². The number of hydrogen-bond acceptors (Lipinski definition) is 2. The molecule has 0 aromatic heterocycles. The Morgan fingerprint density at radius 1 is 1.60 bits per heavy atom. The number of ether oxygens (including phenoxy) is 1. The first-order valence-corrected chi connectivity index (χ1v) is 5.22. The molecule has 0 aliphatic carbocycles. The first-order valence-electron chi connectivity index (χ1n) is 5.22. The lowest BCUT2D eigenvalue weighted by molar-refractivity contribution is 0.0243. The molecule has 1 fully saturated rings. The van der Waals surface area contributed by atoms with Gasteiger partial charge < -0.3 is 15.4 Å². The topological polar surface area (TPSA) is 45.7 Å². The molecule has 4 nitrogen and oxygen atoms in total. The van der Waals surface area contributed by atoms with E-state index in [4.69, 9.17) is 11.2 Å². The van der Waals surface area contributed by atoms with E-state index in [0.717, 1.165) is 32.0 Å². The van der Waals surface area contributed by atoms with Crippen LogP contribution in [0.3, 0.4) is 0 Å². The molecule has 1 heterocycles. The quantitative estimate of drug-likeness (QED) is 0.400. The Labute approximate surface area is 91.5 Å². The number of hydrogen-bond donors (Lipinski definition) is 2. The van der Waals surface area contributed by atoms with Crippen LogP contribution in [-0.2, 0) is 4.74 Å². The van der Waals surface area contributed by atoms with Crippen LogP contribution in [0.2, 0.25) is 0 Å². The van der Waals surface area contributed by atoms with Crippen molar-refractivity contribution in [3.63, 3.8) is 0 Å². The summed E-state index contributed by atoms with van der Waals surface area (Å²) in [5.74, 6) is 3.23. The van der Waals surface area contributed by atoms with Crippen LogP contribution in [0.25, 0.3) is 0 Å². The Balaban J connectivity index is 2.31. The van der Waals surface area contributed by atoms with Crippen molar-refractivity contribution < 1.29 is 4.74 Å². The van der Waals surface area contributed by atoms with Crippen molar-refractivity contribution in [3.05, 3.63) is 0 Å². The highest BCUT2D eigenvalue weighted by atomic mass is 16.5. The van der Waals surface area contributed by atoms with Crippen LogP contribution in [-0.4, -0.2) is 38.3 Å². The monoisotopic (exact) mass is 209 g/mol. The van der Waals surface area contributed by atoms with Crippen LogP contribution in [0.1, 0.15) is 19.8 Å². The lowest BCUT2D eigenvalue weighted by Crippen LogP contribution is -2.45. The minimum atomic E-state index is -0.0617. The fraction of sp³-hybridized carbons (Fsp3) is 0.727. The second-order valence-corrected chi connectivity index (χ2v) is 3.89. The molecule has 0 unspecified atom stereocenters. The average Bonchev–Trinajstić information content (AvgIpc) is 2.66. The first kappa shape index (κ1) is 11.9. The van der Waals surface area contributed by atoms with E-state index in [-0.39, 0.29) is 5.60 Å². The fourth-order valence-corrected chi connectivity index (χ4v) is 1.60.